The Morgan fingerprint density at radius 1 is 0.384 bits per heavy atom. The topological polar surface area (TPSA) is 611 Å². The summed E-state index contributed by atoms with van der Waals surface area (Å²) in [6.45, 7) is 11.0. The van der Waals surface area contributed by atoms with Crippen molar-refractivity contribution in [1.82, 2.24) is 42.5 Å². The number of carboxylic acid groups (broad SMARTS) is 2. The smallest absolute Gasteiger partial charge is 0.480 e. The second kappa shape index (κ2) is 53.5. The standard InChI is InChI=1S/C60H117N21O11.C2HF3O2/c1-7-8-9-10-11-12-13-14-15-16-17-29-47(83)74-40(25-20-31-70-57(62)63)49(84)75-41(24-18-19-30-61)50(85)77-44(28-23-34-73-60(68)69)53(88)81-48(39(6)82)55(90)79-45(35-37(2)3)54(89)78-42(26-21-32-71-58(64)65)51(86)76-43(27-22-33-72-59(66)67)52(87)80-46(56(91)92)36-38(4)5;3-2(4,5)1(6)7/h37-46,48,82H,7-36,61H2,1-6H3,(H,74,83)(H,75,84)(H,76,86)(H,77,85)(H,78,89)(H,79,90)(H,80,87)(H,81,88)(H,91,92)(H4,62,63,70)(H4,64,65,71)(H4,66,67,72)(H4,68,69,73);(H,6,7)/t39-,40+,41+,42+,43+,44+,45+,46+,48+;/m1./s1. The first-order valence-corrected chi connectivity index (χ1v) is 34.0. The number of amides is 8. The van der Waals surface area contributed by atoms with Crippen LogP contribution in [0, 0.1) is 11.8 Å². The third kappa shape index (κ3) is 48.0. The number of hydrogen-bond donors (Lipinski definition) is 20. The molecular formula is C62H118F3N21O13. The summed E-state index contributed by atoms with van der Waals surface area (Å²) in [5, 5.41) is 49.3. The summed E-state index contributed by atoms with van der Waals surface area (Å²) in [5.41, 5.74) is 50.1. The summed E-state index contributed by atoms with van der Waals surface area (Å²) >= 11 is 0. The molecule has 37 heteroatoms. The molecule has 0 radical (unpaired) electrons. The van der Waals surface area contributed by atoms with Gasteiger partial charge in [0, 0.05) is 32.6 Å². The molecule has 0 unspecified atom stereocenters. The minimum Gasteiger partial charge on any atom is -0.480 e. The molecule has 0 bridgehead atoms. The van der Waals surface area contributed by atoms with Crippen LogP contribution in [0.5, 0.6) is 0 Å². The van der Waals surface area contributed by atoms with Gasteiger partial charge in [0.15, 0.2) is 23.8 Å². The number of hydrogen-bond acceptors (Lipinski definition) is 16. The van der Waals surface area contributed by atoms with Crippen molar-refractivity contribution < 1.29 is 76.4 Å². The third-order valence-electron chi connectivity index (χ3n) is 14.9. The van der Waals surface area contributed by atoms with Crippen molar-refractivity contribution in [3.63, 3.8) is 0 Å². The summed E-state index contributed by atoms with van der Waals surface area (Å²) in [5.74, 6) is -11.7. The van der Waals surface area contributed by atoms with Crippen LogP contribution in [-0.4, -0.2) is 192 Å². The van der Waals surface area contributed by atoms with Crippen molar-refractivity contribution in [2.75, 3.05) is 32.7 Å². The number of unbranched alkanes of at least 4 members (excludes halogenated alkanes) is 11. The van der Waals surface area contributed by atoms with E-state index in [-0.39, 0.29) is 145 Å². The molecule has 34 nitrogen and oxygen atoms in total. The zero-order valence-corrected chi connectivity index (χ0v) is 58.6. The maximum atomic E-state index is 14.4. The van der Waals surface area contributed by atoms with E-state index in [2.05, 4.69) is 69.4 Å². The number of rotatable bonds is 53. The number of aliphatic imine (C=N–C) groups is 4. The molecular weight excluding hydrogens is 1300 g/mol. The minimum atomic E-state index is -5.08. The van der Waals surface area contributed by atoms with Crippen LogP contribution in [0.4, 0.5) is 13.2 Å². The number of nitrogens with one attached hydrogen (secondary N) is 8. The van der Waals surface area contributed by atoms with Crippen molar-refractivity contribution in [3.8, 4) is 0 Å². The highest BCUT2D eigenvalue weighted by molar-refractivity contribution is 5.98. The highest BCUT2D eigenvalue weighted by atomic mass is 19.4. The Labute approximate surface area is 579 Å². The van der Waals surface area contributed by atoms with Crippen LogP contribution in [0.2, 0.25) is 0 Å². The molecule has 29 N–H and O–H groups in total. The van der Waals surface area contributed by atoms with Crippen LogP contribution in [-0.2, 0) is 47.9 Å². The molecule has 0 saturated heterocycles. The average Bonchev–Trinajstić information content (AvgIpc) is 0.858. The molecule has 0 aliphatic heterocycles. The molecule has 8 amide bonds. The molecule has 0 aromatic carbocycles. The SMILES string of the molecule is CCCCCCCCCCCCCC(=O)N[C@@H](CCCN=C(N)N)C(=O)N[C@@H](CCCCN)C(=O)N[C@@H](CCCN=C(N)N)C(=O)N[C@H](C(=O)N[C@@H](CC(C)C)C(=O)N[C@@H](CCCN=C(N)N)C(=O)N[C@@H](CCCN=C(N)N)C(=O)N[C@@H](CC(C)C)C(=O)O)[C@@H](C)O.O=C(O)C(F)(F)F. The molecule has 0 aliphatic rings. The van der Waals surface area contributed by atoms with E-state index in [4.69, 9.17) is 61.5 Å². The number of nitrogens with zero attached hydrogens (tertiary/aromatic N) is 4. The van der Waals surface area contributed by atoms with E-state index >= 15 is 0 Å². The van der Waals surface area contributed by atoms with Crippen LogP contribution in [0.25, 0.3) is 0 Å². The number of aliphatic hydroxyl groups excluding tert-OH is 1. The summed E-state index contributed by atoms with van der Waals surface area (Å²) in [4.78, 5) is 150. The average molecular weight is 1420 g/mol. The van der Waals surface area contributed by atoms with Crippen molar-refractivity contribution in [3.05, 3.63) is 0 Å². The van der Waals surface area contributed by atoms with E-state index in [1.807, 2.05) is 0 Å². The molecule has 0 aromatic heterocycles. The second-order valence-corrected chi connectivity index (χ2v) is 25.0. The van der Waals surface area contributed by atoms with Crippen LogP contribution in [0.1, 0.15) is 202 Å². The van der Waals surface area contributed by atoms with Gasteiger partial charge in [-0.15, -0.1) is 0 Å². The highest BCUT2D eigenvalue weighted by Gasteiger charge is 2.39. The molecule has 0 aromatic rings. The fourth-order valence-corrected chi connectivity index (χ4v) is 9.75. The third-order valence-corrected chi connectivity index (χ3v) is 14.9. The maximum Gasteiger partial charge on any atom is 0.490 e. The van der Waals surface area contributed by atoms with Gasteiger partial charge in [-0.2, -0.15) is 13.2 Å². The summed E-state index contributed by atoms with van der Waals surface area (Å²) in [6, 6.07) is -11.1. The number of carbonyl (C=O) groups excluding carboxylic acids is 8. The lowest BCUT2D eigenvalue weighted by atomic mass is 10.0. The van der Waals surface area contributed by atoms with Crippen LogP contribution in [0.3, 0.4) is 0 Å². The van der Waals surface area contributed by atoms with Gasteiger partial charge in [-0.25, -0.2) is 9.59 Å². The van der Waals surface area contributed by atoms with Crippen LogP contribution < -0.4 is 94.1 Å². The van der Waals surface area contributed by atoms with Gasteiger partial charge in [0.1, 0.15) is 48.3 Å². The normalized spacial score (nSPS) is 13.8. The zero-order chi connectivity index (χ0) is 75.6. The predicted molar refractivity (Wildman–Crippen MR) is 371 cm³/mol. The van der Waals surface area contributed by atoms with E-state index < -0.39 is 114 Å². The number of aliphatic carboxylic acids is 2. The van der Waals surface area contributed by atoms with Crippen molar-refractivity contribution in [2.45, 2.75) is 263 Å². The van der Waals surface area contributed by atoms with Gasteiger partial charge in [0.05, 0.1) is 6.10 Å². The van der Waals surface area contributed by atoms with Crippen LogP contribution >= 0.6 is 0 Å². The summed E-state index contributed by atoms with van der Waals surface area (Å²) in [6.07, 6.45) is 6.92. The summed E-state index contributed by atoms with van der Waals surface area (Å²) < 4.78 is 31.7. The molecule has 0 heterocycles. The van der Waals surface area contributed by atoms with Crippen molar-refractivity contribution in [1.29, 1.82) is 0 Å². The lowest BCUT2D eigenvalue weighted by Crippen LogP contribution is -2.62. The number of aliphatic hydroxyl groups is 1. The van der Waals surface area contributed by atoms with Crippen molar-refractivity contribution in [2.24, 2.45) is 83.4 Å². The first-order chi connectivity index (χ1) is 46.5. The zero-order valence-electron chi connectivity index (χ0n) is 58.6. The van der Waals surface area contributed by atoms with Gasteiger partial charge in [0.25, 0.3) is 0 Å². The summed E-state index contributed by atoms with van der Waals surface area (Å²) in [7, 11) is 0. The first kappa shape index (κ1) is 92.5. The quantitative estimate of drug-likeness (QED) is 0.0199. The van der Waals surface area contributed by atoms with Gasteiger partial charge in [-0.1, -0.05) is 98.8 Å². The lowest BCUT2D eigenvalue weighted by molar-refractivity contribution is -0.192. The van der Waals surface area contributed by atoms with E-state index in [1.165, 1.54) is 45.4 Å². The van der Waals surface area contributed by atoms with Gasteiger partial charge in [0.2, 0.25) is 47.3 Å². The van der Waals surface area contributed by atoms with E-state index in [0.29, 0.717) is 25.7 Å². The van der Waals surface area contributed by atoms with Gasteiger partial charge >= 0.3 is 18.1 Å². The number of carbonyl (C=O) groups is 10. The number of halogens is 3. The van der Waals surface area contributed by atoms with Crippen LogP contribution in [0.15, 0.2) is 20.0 Å². The molecule has 0 saturated carbocycles. The Balaban J connectivity index is 0. The fraction of sp³-hybridized carbons (Fsp3) is 0.774. The molecule has 0 rings (SSSR count). The Hall–Kier alpha value is -8.51. The monoisotopic (exact) mass is 1420 g/mol. The largest absolute Gasteiger partial charge is 0.490 e. The van der Waals surface area contributed by atoms with Gasteiger partial charge in [-0.3, -0.25) is 58.3 Å². The Morgan fingerprint density at radius 3 is 0.970 bits per heavy atom. The number of guanidine groups is 4. The van der Waals surface area contributed by atoms with E-state index in [9.17, 15) is 66.5 Å². The van der Waals surface area contributed by atoms with Crippen molar-refractivity contribution >= 4 is 83.0 Å². The molecule has 0 fully saturated rings. The number of nitrogens with two attached hydrogens (primary N) is 9. The predicted octanol–water partition coefficient (Wildman–Crippen LogP) is -0.900. The van der Waals surface area contributed by atoms with Gasteiger partial charge < -0.3 is 109 Å². The van der Waals surface area contributed by atoms with E-state index in [1.54, 1.807) is 27.7 Å². The Bertz CT molecular complexity index is 2550. The number of alkyl halides is 3. The number of carboxylic acids is 2. The molecule has 570 valence electrons. The minimum absolute atomic E-state index is 0.00938. The Kier molecular flexibility index (Phi) is 50.0. The molecule has 99 heavy (non-hydrogen) atoms. The Morgan fingerprint density at radius 2 is 0.667 bits per heavy atom. The first-order valence-electron chi connectivity index (χ1n) is 34.0. The fourth-order valence-electron chi connectivity index (χ4n) is 9.75. The molecule has 9 atom stereocenters. The molecule has 0 aliphatic carbocycles. The maximum absolute atomic E-state index is 14.4. The van der Waals surface area contributed by atoms with E-state index in [0.717, 1.165) is 25.7 Å². The second-order valence-electron chi connectivity index (χ2n) is 25.0. The molecule has 0 spiro atoms. The van der Waals surface area contributed by atoms with Gasteiger partial charge in [-0.05, 0) is 115 Å². The highest BCUT2D eigenvalue weighted by Crippen LogP contribution is 2.16. The lowest BCUT2D eigenvalue weighted by Gasteiger charge is -2.29.